The summed E-state index contributed by atoms with van der Waals surface area (Å²) < 4.78 is 6.61. The van der Waals surface area contributed by atoms with Crippen LogP contribution in [-0.2, 0) is 6.54 Å². The second-order valence-corrected chi connectivity index (χ2v) is 3.20. The van der Waals surface area contributed by atoms with E-state index in [2.05, 4.69) is 11.0 Å². The first-order valence-corrected chi connectivity index (χ1v) is 5.11. The van der Waals surface area contributed by atoms with E-state index in [1.165, 1.54) is 16.9 Å². The molecule has 0 unspecified atom stereocenters. The number of ether oxygens (including phenoxy) is 1. The third-order valence-corrected chi connectivity index (χ3v) is 1.93. The summed E-state index contributed by atoms with van der Waals surface area (Å²) in [7, 11) is 0. The van der Waals surface area contributed by atoms with Crippen molar-refractivity contribution in [3.05, 3.63) is 22.6 Å². The molecule has 0 spiro atoms. The highest BCUT2D eigenvalue weighted by Crippen LogP contribution is 2.03. The summed E-state index contributed by atoms with van der Waals surface area (Å²) in [5.41, 5.74) is 5.11. The minimum Gasteiger partial charge on any atom is -0.492 e. The van der Waals surface area contributed by atoms with Gasteiger partial charge in [-0.1, -0.05) is 0 Å². The molecule has 1 aromatic rings. The monoisotopic (exact) mass is 221 g/mol. The zero-order valence-electron chi connectivity index (χ0n) is 9.06. The van der Waals surface area contributed by atoms with Gasteiger partial charge >= 0.3 is 0 Å². The van der Waals surface area contributed by atoms with Crippen LogP contribution in [-0.4, -0.2) is 22.9 Å². The van der Waals surface area contributed by atoms with Crippen molar-refractivity contribution >= 4 is 0 Å². The van der Waals surface area contributed by atoms with Crippen LogP contribution in [0, 0.1) is 12.3 Å². The van der Waals surface area contributed by atoms with E-state index >= 15 is 0 Å². The number of nitrogens with two attached hydrogens (primary N) is 1. The Morgan fingerprint density at radius 3 is 3.06 bits per heavy atom. The number of aromatic nitrogens is 2. The van der Waals surface area contributed by atoms with Crippen molar-refractivity contribution < 1.29 is 4.74 Å². The van der Waals surface area contributed by atoms with Crippen LogP contribution in [0.5, 0.6) is 5.75 Å². The zero-order chi connectivity index (χ0) is 11.8. The van der Waals surface area contributed by atoms with Gasteiger partial charge in [0, 0.05) is 12.5 Å². The molecular weight excluding hydrogens is 206 g/mol. The molecule has 86 valence electrons. The maximum atomic E-state index is 11.5. The highest BCUT2D eigenvalue weighted by Gasteiger charge is 2.00. The Morgan fingerprint density at radius 2 is 2.44 bits per heavy atom. The third kappa shape index (κ3) is 3.75. The minimum absolute atomic E-state index is 0.208. The Balaban J connectivity index is 2.61. The highest BCUT2D eigenvalue weighted by atomic mass is 16.5. The molecule has 0 aliphatic heterocycles. The smallest absolute Gasteiger partial charge is 0.270 e. The molecule has 0 saturated carbocycles. The molecule has 0 fully saturated rings. The molecule has 0 aliphatic rings. The first-order valence-electron chi connectivity index (χ1n) is 5.11. The number of terminal acetylenes is 1. The maximum absolute atomic E-state index is 11.5. The fourth-order valence-electron chi connectivity index (χ4n) is 1.11. The van der Waals surface area contributed by atoms with E-state index in [1.807, 2.05) is 0 Å². The normalized spacial score (nSPS) is 9.75. The summed E-state index contributed by atoms with van der Waals surface area (Å²) in [6.07, 6.45) is 7.85. The lowest BCUT2D eigenvalue weighted by Crippen LogP contribution is -2.22. The van der Waals surface area contributed by atoms with Gasteiger partial charge in [-0.15, -0.1) is 12.3 Å². The summed E-state index contributed by atoms with van der Waals surface area (Å²) >= 11 is 0. The molecule has 5 heteroatoms. The van der Waals surface area contributed by atoms with Gasteiger partial charge in [-0.2, -0.15) is 5.10 Å². The van der Waals surface area contributed by atoms with Crippen LogP contribution in [0.2, 0.25) is 0 Å². The van der Waals surface area contributed by atoms with Crippen LogP contribution < -0.4 is 16.0 Å². The Labute approximate surface area is 94.2 Å². The number of aryl methyl sites for hydroxylation is 1. The average Bonchev–Trinajstić information content (AvgIpc) is 2.28. The lowest BCUT2D eigenvalue weighted by atomic mass is 10.4. The van der Waals surface area contributed by atoms with Crippen molar-refractivity contribution in [3.63, 3.8) is 0 Å². The van der Waals surface area contributed by atoms with Crippen molar-refractivity contribution in [3.8, 4) is 18.1 Å². The van der Waals surface area contributed by atoms with Crippen molar-refractivity contribution in [1.29, 1.82) is 0 Å². The van der Waals surface area contributed by atoms with Gasteiger partial charge in [0.05, 0.1) is 19.3 Å². The molecule has 0 aliphatic carbocycles. The second kappa shape index (κ2) is 6.64. The molecule has 2 N–H and O–H groups in total. The topological polar surface area (TPSA) is 70.1 Å². The quantitative estimate of drug-likeness (QED) is 0.542. The number of hydrogen-bond acceptors (Lipinski definition) is 4. The maximum Gasteiger partial charge on any atom is 0.270 e. The fourth-order valence-corrected chi connectivity index (χ4v) is 1.11. The van der Waals surface area contributed by atoms with Crippen LogP contribution in [0.3, 0.4) is 0 Å². The van der Waals surface area contributed by atoms with Gasteiger partial charge in [0.25, 0.3) is 5.56 Å². The van der Waals surface area contributed by atoms with E-state index < -0.39 is 0 Å². The molecule has 16 heavy (non-hydrogen) atoms. The SMILES string of the molecule is C#CCCn1ncc(OCCCN)cc1=O. The summed E-state index contributed by atoms with van der Waals surface area (Å²) in [6.45, 7) is 1.48. The molecule has 0 saturated heterocycles. The lowest BCUT2D eigenvalue weighted by Gasteiger charge is -2.06. The van der Waals surface area contributed by atoms with E-state index in [-0.39, 0.29) is 5.56 Å². The van der Waals surface area contributed by atoms with Gasteiger partial charge in [0.15, 0.2) is 0 Å². The van der Waals surface area contributed by atoms with Gasteiger partial charge in [0.2, 0.25) is 0 Å². The van der Waals surface area contributed by atoms with E-state index in [1.54, 1.807) is 0 Å². The van der Waals surface area contributed by atoms with E-state index in [9.17, 15) is 4.79 Å². The van der Waals surface area contributed by atoms with E-state index in [0.29, 0.717) is 31.9 Å². The first kappa shape index (κ1) is 12.3. The average molecular weight is 221 g/mol. The first-order chi connectivity index (χ1) is 7.77. The predicted octanol–water partition coefficient (Wildman–Crippen LogP) is -0.00580. The van der Waals surface area contributed by atoms with Crippen LogP contribution >= 0.6 is 0 Å². The summed E-state index contributed by atoms with van der Waals surface area (Å²) in [5.74, 6) is 2.92. The molecule has 5 nitrogen and oxygen atoms in total. The predicted molar refractivity (Wildman–Crippen MR) is 61.1 cm³/mol. The molecule has 0 bridgehead atoms. The van der Waals surface area contributed by atoms with Crippen molar-refractivity contribution in [2.24, 2.45) is 5.73 Å². The van der Waals surface area contributed by atoms with Gasteiger partial charge < -0.3 is 10.5 Å². The Bertz CT molecular complexity index is 420. The standard InChI is InChI=1S/C11H15N3O2/c1-2-3-6-14-11(15)8-10(9-13-14)16-7-4-5-12/h1,8-9H,3-7,12H2. The van der Waals surface area contributed by atoms with Crippen LogP contribution in [0.25, 0.3) is 0 Å². The number of rotatable bonds is 6. The molecule has 0 radical (unpaired) electrons. The van der Waals surface area contributed by atoms with Crippen molar-refractivity contribution in [2.75, 3.05) is 13.2 Å². The van der Waals surface area contributed by atoms with E-state index in [4.69, 9.17) is 16.9 Å². The molecule has 1 rings (SSSR count). The number of nitrogens with zero attached hydrogens (tertiary/aromatic N) is 2. The summed E-state index contributed by atoms with van der Waals surface area (Å²) in [6, 6.07) is 1.40. The minimum atomic E-state index is -0.208. The highest BCUT2D eigenvalue weighted by molar-refractivity contribution is 5.13. The molecule has 1 aromatic heterocycles. The van der Waals surface area contributed by atoms with Crippen LogP contribution in [0.1, 0.15) is 12.8 Å². The van der Waals surface area contributed by atoms with Crippen LogP contribution in [0.4, 0.5) is 0 Å². The Kier molecular flexibility index (Phi) is 5.09. The fraction of sp³-hybridized carbons (Fsp3) is 0.455. The van der Waals surface area contributed by atoms with E-state index in [0.717, 1.165) is 6.42 Å². The Morgan fingerprint density at radius 1 is 1.62 bits per heavy atom. The van der Waals surface area contributed by atoms with Gasteiger partial charge in [0.1, 0.15) is 5.75 Å². The van der Waals surface area contributed by atoms with Gasteiger partial charge in [-0.25, -0.2) is 4.68 Å². The van der Waals surface area contributed by atoms with Crippen molar-refractivity contribution in [2.45, 2.75) is 19.4 Å². The van der Waals surface area contributed by atoms with Gasteiger partial charge in [-0.3, -0.25) is 4.79 Å². The molecule has 1 heterocycles. The summed E-state index contributed by atoms with van der Waals surface area (Å²) in [4.78, 5) is 11.5. The van der Waals surface area contributed by atoms with Gasteiger partial charge in [-0.05, 0) is 13.0 Å². The Hall–Kier alpha value is -1.80. The zero-order valence-corrected chi connectivity index (χ0v) is 9.06. The molecule has 0 amide bonds. The molecule has 0 atom stereocenters. The lowest BCUT2D eigenvalue weighted by molar-refractivity contribution is 0.309. The number of hydrogen-bond donors (Lipinski definition) is 1. The third-order valence-electron chi connectivity index (χ3n) is 1.93. The summed E-state index contributed by atoms with van der Waals surface area (Å²) in [5, 5.41) is 3.95. The van der Waals surface area contributed by atoms with Crippen molar-refractivity contribution in [1.82, 2.24) is 9.78 Å². The second-order valence-electron chi connectivity index (χ2n) is 3.20. The molecule has 0 aromatic carbocycles. The van der Waals surface area contributed by atoms with Crippen LogP contribution in [0.15, 0.2) is 17.1 Å². The molecular formula is C11H15N3O2. The largest absolute Gasteiger partial charge is 0.492 e.